The van der Waals surface area contributed by atoms with Crippen LogP contribution >= 0.6 is 0 Å². The Labute approximate surface area is 60.2 Å². The Balaban J connectivity index is 2.96. The molecule has 0 aromatic heterocycles. The molecule has 0 aliphatic rings. The number of hydrogen-bond acceptors (Lipinski definition) is 3. The summed E-state index contributed by atoms with van der Waals surface area (Å²) in [4.78, 5) is 0. The number of benzene rings is 1. The Morgan fingerprint density at radius 2 is 2.10 bits per heavy atom. The standard InChI is InChI=1S/C7H11N3/c1-10(9)7-4-2-3-6(8)5-7/h2-5H,8-9H2,1H3. The lowest BCUT2D eigenvalue weighted by molar-refractivity contribution is 1.02. The predicted molar refractivity (Wildman–Crippen MR) is 43.4 cm³/mol. The summed E-state index contributed by atoms with van der Waals surface area (Å²) in [6, 6.07) is 7.41. The van der Waals surface area contributed by atoms with Gasteiger partial charge in [0.1, 0.15) is 0 Å². The quantitative estimate of drug-likeness (QED) is 0.338. The molecule has 0 atom stereocenters. The van der Waals surface area contributed by atoms with E-state index >= 15 is 0 Å². The average molecular weight is 137 g/mol. The van der Waals surface area contributed by atoms with E-state index in [4.69, 9.17) is 11.6 Å². The Morgan fingerprint density at radius 1 is 1.40 bits per heavy atom. The summed E-state index contributed by atoms with van der Waals surface area (Å²) >= 11 is 0. The molecule has 10 heavy (non-hydrogen) atoms. The lowest BCUT2D eigenvalue weighted by atomic mass is 10.3. The van der Waals surface area contributed by atoms with Crippen molar-refractivity contribution in [1.29, 1.82) is 0 Å². The highest BCUT2D eigenvalue weighted by molar-refractivity contribution is 5.54. The maximum absolute atomic E-state index is 5.51. The first kappa shape index (κ1) is 6.89. The summed E-state index contributed by atoms with van der Waals surface area (Å²) in [6.45, 7) is 0. The van der Waals surface area contributed by atoms with Crippen LogP contribution in [-0.4, -0.2) is 7.05 Å². The fraction of sp³-hybridized carbons (Fsp3) is 0.143. The fourth-order valence-electron chi connectivity index (χ4n) is 0.744. The van der Waals surface area contributed by atoms with Crippen LogP contribution in [0.5, 0.6) is 0 Å². The molecule has 1 aromatic rings. The molecular formula is C7H11N3. The molecule has 0 unspecified atom stereocenters. The van der Waals surface area contributed by atoms with Crippen LogP contribution in [0.1, 0.15) is 0 Å². The van der Waals surface area contributed by atoms with Gasteiger partial charge in [-0.05, 0) is 18.2 Å². The van der Waals surface area contributed by atoms with Crippen molar-refractivity contribution >= 4 is 11.4 Å². The first-order valence-electron chi connectivity index (χ1n) is 3.04. The van der Waals surface area contributed by atoms with Crippen molar-refractivity contribution in [3.63, 3.8) is 0 Å². The molecule has 1 rings (SSSR count). The van der Waals surface area contributed by atoms with Crippen molar-refractivity contribution in [3.8, 4) is 0 Å². The van der Waals surface area contributed by atoms with Crippen LogP contribution in [-0.2, 0) is 0 Å². The highest BCUT2D eigenvalue weighted by Gasteiger charge is 1.92. The molecular weight excluding hydrogens is 126 g/mol. The summed E-state index contributed by atoms with van der Waals surface area (Å²) in [5, 5.41) is 1.52. The van der Waals surface area contributed by atoms with Gasteiger partial charge in [0.25, 0.3) is 0 Å². The van der Waals surface area contributed by atoms with E-state index in [1.807, 2.05) is 24.3 Å². The van der Waals surface area contributed by atoms with Crippen LogP contribution in [0, 0.1) is 0 Å². The molecule has 0 bridgehead atoms. The van der Waals surface area contributed by atoms with Gasteiger partial charge in [0.05, 0.1) is 5.69 Å². The molecule has 0 saturated heterocycles. The molecule has 54 valence electrons. The van der Waals surface area contributed by atoms with E-state index in [1.165, 1.54) is 5.01 Å². The van der Waals surface area contributed by atoms with E-state index in [9.17, 15) is 0 Å². The summed E-state index contributed by atoms with van der Waals surface area (Å²) in [6.07, 6.45) is 0. The highest BCUT2D eigenvalue weighted by Crippen LogP contribution is 2.12. The third-order valence-corrected chi connectivity index (χ3v) is 1.28. The summed E-state index contributed by atoms with van der Waals surface area (Å²) in [5.74, 6) is 5.46. The van der Waals surface area contributed by atoms with Gasteiger partial charge in [0.15, 0.2) is 0 Å². The Hall–Kier alpha value is -1.22. The Morgan fingerprint density at radius 3 is 2.50 bits per heavy atom. The SMILES string of the molecule is CN(N)c1cccc(N)c1. The molecule has 3 nitrogen and oxygen atoms in total. The van der Waals surface area contributed by atoms with Crippen LogP contribution in [0.3, 0.4) is 0 Å². The molecule has 0 fully saturated rings. The fourth-order valence-corrected chi connectivity index (χ4v) is 0.744. The summed E-state index contributed by atoms with van der Waals surface area (Å²) < 4.78 is 0. The highest BCUT2D eigenvalue weighted by atomic mass is 15.4. The van der Waals surface area contributed by atoms with Crippen molar-refractivity contribution in [2.45, 2.75) is 0 Å². The third kappa shape index (κ3) is 1.39. The number of hydrazine groups is 1. The minimum Gasteiger partial charge on any atom is -0.399 e. The number of nitrogens with zero attached hydrogens (tertiary/aromatic N) is 1. The van der Waals surface area contributed by atoms with Gasteiger partial charge in [0.2, 0.25) is 0 Å². The van der Waals surface area contributed by atoms with E-state index in [0.29, 0.717) is 0 Å². The third-order valence-electron chi connectivity index (χ3n) is 1.28. The summed E-state index contributed by atoms with van der Waals surface area (Å²) in [7, 11) is 1.77. The molecule has 0 aliphatic carbocycles. The van der Waals surface area contributed by atoms with Gasteiger partial charge in [-0.2, -0.15) is 0 Å². The van der Waals surface area contributed by atoms with Gasteiger partial charge in [-0.25, -0.2) is 5.84 Å². The number of rotatable bonds is 1. The molecule has 3 heteroatoms. The monoisotopic (exact) mass is 137 g/mol. The Kier molecular flexibility index (Phi) is 1.78. The van der Waals surface area contributed by atoms with Gasteiger partial charge in [0, 0.05) is 12.7 Å². The van der Waals surface area contributed by atoms with Crippen LogP contribution in [0.2, 0.25) is 0 Å². The van der Waals surface area contributed by atoms with Crippen molar-refractivity contribution in [2.75, 3.05) is 17.8 Å². The molecule has 0 saturated carbocycles. The second-order valence-electron chi connectivity index (χ2n) is 2.21. The molecule has 0 aliphatic heterocycles. The van der Waals surface area contributed by atoms with Crippen LogP contribution in [0.4, 0.5) is 11.4 Å². The first-order valence-corrected chi connectivity index (χ1v) is 3.04. The van der Waals surface area contributed by atoms with E-state index < -0.39 is 0 Å². The van der Waals surface area contributed by atoms with Gasteiger partial charge in [-0.1, -0.05) is 6.07 Å². The van der Waals surface area contributed by atoms with E-state index in [-0.39, 0.29) is 0 Å². The maximum atomic E-state index is 5.51. The number of nitrogens with two attached hydrogens (primary N) is 2. The number of anilines is 2. The maximum Gasteiger partial charge on any atom is 0.0534 e. The van der Waals surface area contributed by atoms with E-state index in [2.05, 4.69) is 0 Å². The van der Waals surface area contributed by atoms with Gasteiger partial charge >= 0.3 is 0 Å². The van der Waals surface area contributed by atoms with Crippen molar-refractivity contribution < 1.29 is 0 Å². The smallest absolute Gasteiger partial charge is 0.0534 e. The molecule has 0 heterocycles. The number of hydrogen-bond donors (Lipinski definition) is 2. The second-order valence-corrected chi connectivity index (χ2v) is 2.21. The van der Waals surface area contributed by atoms with Crippen molar-refractivity contribution in [1.82, 2.24) is 0 Å². The minimum absolute atomic E-state index is 0.731. The second kappa shape index (κ2) is 2.58. The topological polar surface area (TPSA) is 55.3 Å². The molecule has 4 N–H and O–H groups in total. The Bertz CT molecular complexity index is 220. The largest absolute Gasteiger partial charge is 0.399 e. The minimum atomic E-state index is 0.731. The zero-order valence-corrected chi connectivity index (χ0v) is 5.91. The molecule has 0 spiro atoms. The normalized spacial score (nSPS) is 9.40. The van der Waals surface area contributed by atoms with Gasteiger partial charge in [-0.15, -0.1) is 0 Å². The molecule has 1 aromatic carbocycles. The lowest BCUT2D eigenvalue weighted by Crippen LogP contribution is -2.24. The van der Waals surface area contributed by atoms with Gasteiger partial charge in [-0.3, -0.25) is 0 Å². The van der Waals surface area contributed by atoms with Crippen LogP contribution in [0.25, 0.3) is 0 Å². The van der Waals surface area contributed by atoms with Crippen LogP contribution < -0.4 is 16.6 Å². The predicted octanol–water partition coefficient (Wildman–Crippen LogP) is 0.579. The zero-order chi connectivity index (χ0) is 7.56. The molecule has 0 radical (unpaired) electrons. The summed E-state index contributed by atoms with van der Waals surface area (Å²) in [5.41, 5.74) is 7.16. The zero-order valence-electron chi connectivity index (χ0n) is 5.91. The van der Waals surface area contributed by atoms with Crippen molar-refractivity contribution in [3.05, 3.63) is 24.3 Å². The number of nitrogen functional groups attached to an aromatic ring is 1. The molecule has 0 amide bonds. The van der Waals surface area contributed by atoms with Gasteiger partial charge < -0.3 is 10.7 Å². The first-order chi connectivity index (χ1) is 4.70. The average Bonchev–Trinajstić information content (AvgIpc) is 1.88. The van der Waals surface area contributed by atoms with E-state index in [0.717, 1.165) is 11.4 Å². The lowest BCUT2D eigenvalue weighted by Gasteiger charge is -2.11. The van der Waals surface area contributed by atoms with Crippen LogP contribution in [0.15, 0.2) is 24.3 Å². The van der Waals surface area contributed by atoms with E-state index in [1.54, 1.807) is 7.05 Å². The van der Waals surface area contributed by atoms with Crippen molar-refractivity contribution in [2.24, 2.45) is 5.84 Å².